The Kier molecular flexibility index (Phi) is 10.1. The third-order valence-electron chi connectivity index (χ3n) is 6.47. The van der Waals surface area contributed by atoms with Gasteiger partial charge in [0.25, 0.3) is 0 Å². The highest BCUT2D eigenvalue weighted by Gasteiger charge is 2.30. The summed E-state index contributed by atoms with van der Waals surface area (Å²) in [4.78, 5) is 28.9. The monoisotopic (exact) mass is 470 g/mol. The van der Waals surface area contributed by atoms with Crippen molar-refractivity contribution in [1.82, 2.24) is 10.2 Å². The Labute approximate surface area is 210 Å². The summed E-state index contributed by atoms with van der Waals surface area (Å²) in [5.74, 6) is -0.163. The molecule has 0 saturated heterocycles. The van der Waals surface area contributed by atoms with Gasteiger partial charge < -0.3 is 10.2 Å². The molecule has 0 unspecified atom stereocenters. The van der Waals surface area contributed by atoms with Crippen LogP contribution in [0.15, 0.2) is 84.9 Å². The van der Waals surface area contributed by atoms with Crippen LogP contribution < -0.4 is 5.32 Å². The van der Waals surface area contributed by atoms with E-state index in [0.29, 0.717) is 25.9 Å². The summed E-state index contributed by atoms with van der Waals surface area (Å²) in [5, 5.41) is 3.05. The molecule has 184 valence electrons. The number of hydrogen-bond donors (Lipinski definition) is 1. The Hall–Kier alpha value is -3.40. The Morgan fingerprint density at radius 2 is 1.40 bits per heavy atom. The smallest absolute Gasteiger partial charge is 0.242 e. The molecule has 2 amide bonds. The molecule has 0 aliphatic rings. The maximum Gasteiger partial charge on any atom is 0.242 e. The van der Waals surface area contributed by atoms with Gasteiger partial charge in [-0.05, 0) is 36.5 Å². The van der Waals surface area contributed by atoms with Crippen molar-refractivity contribution >= 4 is 11.8 Å². The molecule has 0 radical (unpaired) electrons. The fourth-order valence-corrected chi connectivity index (χ4v) is 4.41. The van der Waals surface area contributed by atoms with Gasteiger partial charge in [-0.25, -0.2) is 0 Å². The topological polar surface area (TPSA) is 49.4 Å². The van der Waals surface area contributed by atoms with Crippen molar-refractivity contribution in [2.75, 3.05) is 6.54 Å². The first-order valence-electron chi connectivity index (χ1n) is 12.8. The van der Waals surface area contributed by atoms with Crippen LogP contribution in [-0.2, 0) is 16.1 Å². The molecular formula is C31H38N2O2. The van der Waals surface area contributed by atoms with E-state index in [2.05, 4.69) is 48.6 Å². The lowest BCUT2D eigenvalue weighted by Gasteiger charge is -2.32. The first-order valence-corrected chi connectivity index (χ1v) is 12.8. The number of unbranched alkanes of at least 4 members (excludes halogenated alkanes) is 1. The van der Waals surface area contributed by atoms with Gasteiger partial charge in [-0.3, -0.25) is 9.59 Å². The lowest BCUT2D eigenvalue weighted by atomic mass is 9.88. The largest absolute Gasteiger partial charge is 0.354 e. The van der Waals surface area contributed by atoms with Crippen molar-refractivity contribution in [3.8, 4) is 0 Å². The zero-order chi connectivity index (χ0) is 25.0. The summed E-state index contributed by atoms with van der Waals surface area (Å²) in [5.41, 5.74) is 4.40. The highest BCUT2D eigenvalue weighted by Crippen LogP contribution is 2.29. The minimum atomic E-state index is -0.507. The highest BCUT2D eigenvalue weighted by atomic mass is 16.2. The van der Waals surface area contributed by atoms with Crippen LogP contribution in [0.25, 0.3) is 0 Å². The summed E-state index contributed by atoms with van der Waals surface area (Å²) >= 11 is 0. The van der Waals surface area contributed by atoms with Gasteiger partial charge in [0.05, 0.1) is 0 Å². The normalized spacial score (nSPS) is 11.8. The van der Waals surface area contributed by atoms with E-state index in [9.17, 15) is 9.59 Å². The molecular weight excluding hydrogens is 432 g/mol. The second-order valence-corrected chi connectivity index (χ2v) is 9.15. The number of nitrogens with zero attached hydrogens (tertiary/aromatic N) is 1. The third-order valence-corrected chi connectivity index (χ3v) is 6.47. The van der Waals surface area contributed by atoms with Gasteiger partial charge >= 0.3 is 0 Å². The van der Waals surface area contributed by atoms with Crippen LogP contribution in [0.3, 0.4) is 0 Å². The fourth-order valence-electron chi connectivity index (χ4n) is 4.41. The Balaban J connectivity index is 1.91. The summed E-state index contributed by atoms with van der Waals surface area (Å²) in [6.45, 7) is 7.17. The number of benzene rings is 3. The quantitative estimate of drug-likeness (QED) is 0.319. The Morgan fingerprint density at radius 3 is 1.91 bits per heavy atom. The molecule has 0 saturated carbocycles. The molecule has 0 heterocycles. The first kappa shape index (κ1) is 26.2. The second kappa shape index (κ2) is 13.5. The van der Waals surface area contributed by atoms with Crippen molar-refractivity contribution in [3.63, 3.8) is 0 Å². The predicted molar refractivity (Wildman–Crippen MR) is 143 cm³/mol. The van der Waals surface area contributed by atoms with Crippen LogP contribution in [0.2, 0.25) is 0 Å². The SMILES string of the molecule is CCCCNC(=O)[C@H](CC)N(Cc1ccc(C)cc1)C(=O)CC(c1ccccc1)c1ccccc1. The Bertz CT molecular complexity index is 1010. The van der Waals surface area contributed by atoms with Crippen molar-refractivity contribution in [1.29, 1.82) is 0 Å². The van der Waals surface area contributed by atoms with E-state index in [-0.39, 0.29) is 17.7 Å². The first-order chi connectivity index (χ1) is 17.0. The maximum atomic E-state index is 14.0. The summed E-state index contributed by atoms with van der Waals surface area (Å²) < 4.78 is 0. The van der Waals surface area contributed by atoms with E-state index >= 15 is 0 Å². The third kappa shape index (κ3) is 7.54. The lowest BCUT2D eigenvalue weighted by molar-refractivity contribution is -0.141. The van der Waals surface area contributed by atoms with Crippen molar-refractivity contribution in [2.24, 2.45) is 0 Å². The molecule has 0 aliphatic carbocycles. The number of nitrogens with one attached hydrogen (secondary N) is 1. The number of aryl methyl sites for hydroxylation is 1. The molecule has 0 aliphatic heterocycles. The van der Waals surface area contributed by atoms with Crippen molar-refractivity contribution in [3.05, 3.63) is 107 Å². The van der Waals surface area contributed by atoms with E-state index in [1.165, 1.54) is 5.56 Å². The number of carbonyl (C=O) groups is 2. The molecule has 0 spiro atoms. The average molecular weight is 471 g/mol. The molecule has 0 aromatic heterocycles. The molecule has 0 bridgehead atoms. The van der Waals surface area contributed by atoms with Crippen LogP contribution in [0.4, 0.5) is 0 Å². The molecule has 4 heteroatoms. The second-order valence-electron chi connectivity index (χ2n) is 9.15. The van der Waals surface area contributed by atoms with Gasteiger partial charge in [0.15, 0.2) is 0 Å². The summed E-state index contributed by atoms with van der Waals surface area (Å²) in [6.07, 6.45) is 2.81. The van der Waals surface area contributed by atoms with E-state index in [1.54, 1.807) is 4.90 Å². The van der Waals surface area contributed by atoms with E-state index < -0.39 is 6.04 Å². The van der Waals surface area contributed by atoms with Crippen LogP contribution in [0.5, 0.6) is 0 Å². The van der Waals surface area contributed by atoms with Crippen LogP contribution in [0.1, 0.15) is 67.7 Å². The van der Waals surface area contributed by atoms with Gasteiger partial charge in [0.1, 0.15) is 6.04 Å². The molecule has 4 nitrogen and oxygen atoms in total. The van der Waals surface area contributed by atoms with E-state index in [0.717, 1.165) is 29.5 Å². The van der Waals surface area contributed by atoms with Gasteiger partial charge in [0, 0.05) is 25.4 Å². The number of amides is 2. The lowest BCUT2D eigenvalue weighted by Crippen LogP contribution is -2.49. The van der Waals surface area contributed by atoms with Gasteiger partial charge in [-0.1, -0.05) is 111 Å². The summed E-state index contributed by atoms with van der Waals surface area (Å²) in [6, 6.07) is 28.0. The molecule has 35 heavy (non-hydrogen) atoms. The Morgan fingerprint density at radius 1 is 0.829 bits per heavy atom. The molecule has 1 atom stereocenters. The van der Waals surface area contributed by atoms with Gasteiger partial charge in [-0.15, -0.1) is 0 Å². The van der Waals surface area contributed by atoms with Crippen LogP contribution >= 0.6 is 0 Å². The van der Waals surface area contributed by atoms with Gasteiger partial charge in [-0.2, -0.15) is 0 Å². The van der Waals surface area contributed by atoms with Crippen molar-refractivity contribution < 1.29 is 9.59 Å². The van der Waals surface area contributed by atoms with E-state index in [4.69, 9.17) is 0 Å². The standard InChI is InChI=1S/C31H38N2O2/c1-4-6-21-32-31(35)29(5-2)33(23-25-19-17-24(3)18-20-25)30(34)22-28(26-13-9-7-10-14-26)27-15-11-8-12-16-27/h7-20,28-29H,4-6,21-23H2,1-3H3,(H,32,35)/t29-/m0/s1. The fraction of sp³-hybridized carbons (Fsp3) is 0.355. The number of hydrogen-bond acceptors (Lipinski definition) is 2. The van der Waals surface area contributed by atoms with Crippen LogP contribution in [0, 0.1) is 6.92 Å². The molecule has 3 aromatic rings. The summed E-state index contributed by atoms with van der Waals surface area (Å²) in [7, 11) is 0. The molecule has 0 fully saturated rings. The van der Waals surface area contributed by atoms with E-state index in [1.807, 2.05) is 62.4 Å². The average Bonchev–Trinajstić information content (AvgIpc) is 2.89. The predicted octanol–water partition coefficient (Wildman–Crippen LogP) is 6.24. The minimum Gasteiger partial charge on any atom is -0.354 e. The number of carbonyl (C=O) groups excluding carboxylic acids is 2. The minimum absolute atomic E-state index is 0.0132. The maximum absolute atomic E-state index is 14.0. The van der Waals surface area contributed by atoms with Crippen molar-refractivity contribution in [2.45, 2.75) is 65.0 Å². The molecule has 1 N–H and O–H groups in total. The highest BCUT2D eigenvalue weighted by molar-refractivity contribution is 5.88. The zero-order valence-corrected chi connectivity index (χ0v) is 21.2. The van der Waals surface area contributed by atoms with Crippen LogP contribution in [-0.4, -0.2) is 29.3 Å². The number of rotatable bonds is 12. The zero-order valence-electron chi connectivity index (χ0n) is 21.2. The molecule has 3 aromatic carbocycles. The van der Waals surface area contributed by atoms with Gasteiger partial charge in [0.2, 0.25) is 11.8 Å². The molecule has 3 rings (SSSR count).